The molecular weight excluding hydrogens is 361 g/mol. The number of ether oxygens (including phenoxy) is 1. The van der Waals surface area contributed by atoms with Crippen LogP contribution in [0.15, 0.2) is 42.5 Å². The fourth-order valence-corrected chi connectivity index (χ4v) is 2.43. The van der Waals surface area contributed by atoms with Crippen LogP contribution in [0.5, 0.6) is 11.5 Å². The first-order chi connectivity index (χ1) is 9.54. The molecule has 1 N–H and O–H groups in total. The predicted molar refractivity (Wildman–Crippen MR) is 92.4 cm³/mol. The predicted octanol–water partition coefficient (Wildman–Crippen LogP) is 4.89. The summed E-state index contributed by atoms with van der Waals surface area (Å²) in [5.41, 5.74) is 2.56. The molecular formula is C17H20INO. The number of rotatable bonds is 5. The van der Waals surface area contributed by atoms with Gasteiger partial charge in [0.25, 0.3) is 0 Å². The van der Waals surface area contributed by atoms with Crippen LogP contribution < -0.4 is 10.1 Å². The van der Waals surface area contributed by atoms with E-state index < -0.39 is 0 Å². The summed E-state index contributed by atoms with van der Waals surface area (Å²) in [5.74, 6) is 1.77. The second-order valence-electron chi connectivity index (χ2n) is 5.18. The van der Waals surface area contributed by atoms with E-state index in [9.17, 15) is 0 Å². The van der Waals surface area contributed by atoms with E-state index in [0.29, 0.717) is 6.04 Å². The van der Waals surface area contributed by atoms with Crippen molar-refractivity contribution >= 4 is 22.6 Å². The Bertz CT molecular complexity index is 581. The minimum atomic E-state index is 0.497. The average Bonchev–Trinajstić information content (AvgIpc) is 2.37. The first-order valence-electron chi connectivity index (χ1n) is 6.81. The Hall–Kier alpha value is -1.07. The zero-order chi connectivity index (χ0) is 14.5. The van der Waals surface area contributed by atoms with Crippen LogP contribution in [0.4, 0.5) is 0 Å². The number of halogens is 1. The SMILES string of the molecule is Cc1cc(Oc2cccc(I)c2)ccc1CNC(C)C. The quantitative estimate of drug-likeness (QED) is 0.745. The highest BCUT2D eigenvalue weighted by molar-refractivity contribution is 14.1. The minimum Gasteiger partial charge on any atom is -0.457 e. The zero-order valence-electron chi connectivity index (χ0n) is 12.1. The van der Waals surface area contributed by atoms with Gasteiger partial charge in [0.15, 0.2) is 0 Å². The van der Waals surface area contributed by atoms with Crippen LogP contribution in [0.2, 0.25) is 0 Å². The van der Waals surface area contributed by atoms with Crippen molar-refractivity contribution < 1.29 is 4.74 Å². The van der Waals surface area contributed by atoms with Crippen LogP contribution >= 0.6 is 22.6 Å². The summed E-state index contributed by atoms with van der Waals surface area (Å²) in [6.45, 7) is 7.33. The number of nitrogens with one attached hydrogen (secondary N) is 1. The molecule has 0 aliphatic heterocycles. The summed E-state index contributed by atoms with van der Waals surface area (Å²) >= 11 is 2.29. The summed E-state index contributed by atoms with van der Waals surface area (Å²) in [7, 11) is 0. The van der Waals surface area contributed by atoms with Crippen LogP contribution in [0.1, 0.15) is 25.0 Å². The lowest BCUT2D eigenvalue weighted by Gasteiger charge is -2.12. The van der Waals surface area contributed by atoms with Crippen molar-refractivity contribution in [3.05, 3.63) is 57.2 Å². The zero-order valence-corrected chi connectivity index (χ0v) is 14.3. The smallest absolute Gasteiger partial charge is 0.128 e. The van der Waals surface area contributed by atoms with Crippen molar-refractivity contribution in [1.82, 2.24) is 5.32 Å². The maximum Gasteiger partial charge on any atom is 0.128 e. The molecule has 2 rings (SSSR count). The van der Waals surface area contributed by atoms with Crippen molar-refractivity contribution in [1.29, 1.82) is 0 Å². The molecule has 0 radical (unpaired) electrons. The van der Waals surface area contributed by atoms with Crippen LogP contribution in [0.3, 0.4) is 0 Å². The Labute approximate surface area is 134 Å². The van der Waals surface area contributed by atoms with Gasteiger partial charge in [-0.2, -0.15) is 0 Å². The molecule has 0 aliphatic rings. The van der Waals surface area contributed by atoms with E-state index in [1.165, 1.54) is 14.7 Å². The maximum atomic E-state index is 5.90. The molecule has 0 aromatic heterocycles. The van der Waals surface area contributed by atoms with E-state index in [2.05, 4.69) is 66.9 Å². The third kappa shape index (κ3) is 4.49. The Kier molecular flexibility index (Phi) is 5.43. The van der Waals surface area contributed by atoms with E-state index in [4.69, 9.17) is 4.74 Å². The van der Waals surface area contributed by atoms with E-state index in [1.54, 1.807) is 0 Å². The average molecular weight is 381 g/mol. The molecule has 20 heavy (non-hydrogen) atoms. The van der Waals surface area contributed by atoms with E-state index >= 15 is 0 Å². The lowest BCUT2D eigenvalue weighted by atomic mass is 10.1. The second-order valence-corrected chi connectivity index (χ2v) is 6.43. The fourth-order valence-electron chi connectivity index (χ4n) is 1.91. The maximum absolute atomic E-state index is 5.90. The molecule has 0 unspecified atom stereocenters. The molecule has 0 heterocycles. The van der Waals surface area contributed by atoms with Gasteiger partial charge in [-0.15, -0.1) is 0 Å². The standard InChI is InChI=1S/C17H20INO/c1-12(2)19-11-14-7-8-17(9-13(14)3)20-16-6-4-5-15(18)10-16/h4-10,12,19H,11H2,1-3H3. The molecule has 2 nitrogen and oxygen atoms in total. The monoisotopic (exact) mass is 381 g/mol. The highest BCUT2D eigenvalue weighted by Crippen LogP contribution is 2.25. The molecule has 106 valence electrons. The second kappa shape index (κ2) is 7.09. The Morgan fingerprint density at radius 2 is 1.85 bits per heavy atom. The summed E-state index contributed by atoms with van der Waals surface area (Å²) in [5, 5.41) is 3.44. The summed E-state index contributed by atoms with van der Waals surface area (Å²) in [4.78, 5) is 0. The molecule has 0 spiro atoms. The molecule has 0 fully saturated rings. The van der Waals surface area contributed by atoms with Crippen LogP contribution in [-0.2, 0) is 6.54 Å². The van der Waals surface area contributed by atoms with Crippen molar-refractivity contribution in [2.45, 2.75) is 33.4 Å². The number of hydrogen-bond donors (Lipinski definition) is 1. The van der Waals surface area contributed by atoms with Crippen LogP contribution in [0.25, 0.3) is 0 Å². The van der Waals surface area contributed by atoms with Gasteiger partial charge in [-0.3, -0.25) is 0 Å². The van der Waals surface area contributed by atoms with Gasteiger partial charge in [0.1, 0.15) is 11.5 Å². The fraction of sp³-hybridized carbons (Fsp3) is 0.294. The number of benzene rings is 2. The van der Waals surface area contributed by atoms with Crippen molar-refractivity contribution in [2.75, 3.05) is 0 Å². The molecule has 3 heteroatoms. The van der Waals surface area contributed by atoms with E-state index in [1.807, 2.05) is 24.3 Å². The largest absolute Gasteiger partial charge is 0.457 e. The Balaban J connectivity index is 2.09. The lowest BCUT2D eigenvalue weighted by Crippen LogP contribution is -2.22. The van der Waals surface area contributed by atoms with Crippen LogP contribution in [-0.4, -0.2) is 6.04 Å². The summed E-state index contributed by atoms with van der Waals surface area (Å²) < 4.78 is 7.07. The van der Waals surface area contributed by atoms with Crippen molar-refractivity contribution in [3.63, 3.8) is 0 Å². The molecule has 0 saturated heterocycles. The van der Waals surface area contributed by atoms with Crippen molar-refractivity contribution in [3.8, 4) is 11.5 Å². The summed E-state index contributed by atoms with van der Waals surface area (Å²) in [6.07, 6.45) is 0. The first-order valence-corrected chi connectivity index (χ1v) is 7.89. The normalized spacial score (nSPS) is 10.8. The van der Waals surface area contributed by atoms with Gasteiger partial charge < -0.3 is 10.1 Å². The number of hydrogen-bond acceptors (Lipinski definition) is 2. The van der Waals surface area contributed by atoms with Gasteiger partial charge >= 0.3 is 0 Å². The topological polar surface area (TPSA) is 21.3 Å². The van der Waals surface area contributed by atoms with Crippen LogP contribution in [0, 0.1) is 10.5 Å². The minimum absolute atomic E-state index is 0.497. The van der Waals surface area contributed by atoms with Crippen molar-refractivity contribution in [2.24, 2.45) is 0 Å². The summed E-state index contributed by atoms with van der Waals surface area (Å²) in [6, 6.07) is 14.8. The lowest BCUT2D eigenvalue weighted by molar-refractivity contribution is 0.481. The van der Waals surface area contributed by atoms with Gasteiger partial charge in [0.05, 0.1) is 0 Å². The molecule has 0 saturated carbocycles. The number of aryl methyl sites for hydroxylation is 1. The molecule has 2 aromatic rings. The molecule has 2 aromatic carbocycles. The molecule has 0 atom stereocenters. The van der Waals surface area contributed by atoms with Gasteiger partial charge in [0, 0.05) is 16.2 Å². The Morgan fingerprint density at radius 1 is 1.10 bits per heavy atom. The Morgan fingerprint density at radius 3 is 2.50 bits per heavy atom. The van der Waals surface area contributed by atoms with Gasteiger partial charge in [-0.1, -0.05) is 26.0 Å². The first kappa shape index (κ1) is 15.3. The third-order valence-corrected chi connectivity index (χ3v) is 3.72. The third-order valence-electron chi connectivity index (χ3n) is 3.05. The highest BCUT2D eigenvalue weighted by atomic mass is 127. The van der Waals surface area contributed by atoms with Gasteiger partial charge in [0.2, 0.25) is 0 Å². The molecule has 0 bridgehead atoms. The highest BCUT2D eigenvalue weighted by Gasteiger charge is 2.03. The molecule has 0 aliphatic carbocycles. The van der Waals surface area contributed by atoms with Gasteiger partial charge in [-0.05, 0) is 71.0 Å². The van der Waals surface area contributed by atoms with E-state index in [-0.39, 0.29) is 0 Å². The molecule has 0 amide bonds. The van der Waals surface area contributed by atoms with E-state index in [0.717, 1.165) is 18.0 Å². The van der Waals surface area contributed by atoms with Gasteiger partial charge in [-0.25, -0.2) is 0 Å².